The van der Waals surface area contributed by atoms with Crippen LogP contribution in [0.4, 0.5) is 5.69 Å². The van der Waals surface area contributed by atoms with Crippen LogP contribution in [0.1, 0.15) is 5.89 Å². The van der Waals surface area contributed by atoms with Crippen molar-refractivity contribution in [2.24, 2.45) is 7.05 Å². The number of hydrogen-bond acceptors (Lipinski definition) is 5. The summed E-state index contributed by atoms with van der Waals surface area (Å²) in [4.78, 5) is 16.5. The molecular weight excluding hydrogens is 378 g/mol. The van der Waals surface area contributed by atoms with Crippen molar-refractivity contribution in [1.82, 2.24) is 19.9 Å². The van der Waals surface area contributed by atoms with Gasteiger partial charge in [0, 0.05) is 24.7 Å². The lowest BCUT2D eigenvalue weighted by Crippen LogP contribution is -2.14. The van der Waals surface area contributed by atoms with Gasteiger partial charge in [0.2, 0.25) is 11.7 Å². The molecule has 0 saturated carbocycles. The number of halogens is 1. The van der Waals surface area contributed by atoms with Gasteiger partial charge in [0.1, 0.15) is 5.69 Å². The standard InChI is InChI=1S/C20H18ClN5O2/c1-5-6-16(12(2)21)20(27)23-15-9-7-14(8-10-15)18-11-17(24-26(18)4)19-22-13(3)28-25-19/h5-11H,1-2H2,3-4H3,(H,23,27)/b16-6+. The molecule has 0 unspecified atom stereocenters. The lowest BCUT2D eigenvalue weighted by molar-refractivity contribution is -0.112. The number of aryl methyl sites for hydroxylation is 2. The number of rotatable bonds is 6. The third kappa shape index (κ3) is 4.10. The van der Waals surface area contributed by atoms with Crippen LogP contribution < -0.4 is 5.32 Å². The molecule has 0 saturated heterocycles. The molecule has 3 rings (SSSR count). The van der Waals surface area contributed by atoms with Crippen LogP contribution in [0.2, 0.25) is 0 Å². The fourth-order valence-corrected chi connectivity index (χ4v) is 2.73. The number of allylic oxidation sites excluding steroid dienone is 2. The first kappa shape index (κ1) is 19.3. The van der Waals surface area contributed by atoms with Gasteiger partial charge >= 0.3 is 0 Å². The second-order valence-corrected chi connectivity index (χ2v) is 6.38. The molecule has 0 aliphatic heterocycles. The summed E-state index contributed by atoms with van der Waals surface area (Å²) >= 11 is 5.86. The first-order valence-electron chi connectivity index (χ1n) is 8.33. The highest BCUT2D eigenvalue weighted by atomic mass is 35.5. The van der Waals surface area contributed by atoms with Gasteiger partial charge in [-0.05, 0) is 29.8 Å². The molecule has 142 valence electrons. The van der Waals surface area contributed by atoms with Crippen LogP contribution in [0.15, 0.2) is 70.8 Å². The Morgan fingerprint density at radius 2 is 2.04 bits per heavy atom. The molecule has 28 heavy (non-hydrogen) atoms. The van der Waals surface area contributed by atoms with E-state index in [0.29, 0.717) is 23.1 Å². The first-order chi connectivity index (χ1) is 13.4. The van der Waals surface area contributed by atoms with Crippen LogP contribution >= 0.6 is 11.6 Å². The Labute approximate surface area is 167 Å². The van der Waals surface area contributed by atoms with Crippen molar-refractivity contribution < 1.29 is 9.32 Å². The highest BCUT2D eigenvalue weighted by Crippen LogP contribution is 2.26. The molecule has 0 fully saturated rings. The number of nitrogens with zero attached hydrogens (tertiary/aromatic N) is 4. The summed E-state index contributed by atoms with van der Waals surface area (Å²) in [6, 6.07) is 9.22. The summed E-state index contributed by atoms with van der Waals surface area (Å²) in [5, 5.41) is 11.2. The maximum atomic E-state index is 12.3. The maximum absolute atomic E-state index is 12.3. The summed E-state index contributed by atoms with van der Waals surface area (Å²) < 4.78 is 6.74. The van der Waals surface area contributed by atoms with E-state index < -0.39 is 0 Å². The average molecular weight is 396 g/mol. The lowest BCUT2D eigenvalue weighted by atomic mass is 10.1. The number of aromatic nitrogens is 4. The van der Waals surface area contributed by atoms with Crippen LogP contribution in [-0.4, -0.2) is 25.8 Å². The first-order valence-corrected chi connectivity index (χ1v) is 8.71. The van der Waals surface area contributed by atoms with E-state index in [4.69, 9.17) is 16.1 Å². The minimum absolute atomic E-state index is 0.146. The maximum Gasteiger partial charge on any atom is 0.257 e. The monoisotopic (exact) mass is 395 g/mol. The van der Waals surface area contributed by atoms with Crippen molar-refractivity contribution in [3.63, 3.8) is 0 Å². The zero-order chi connectivity index (χ0) is 20.3. The summed E-state index contributed by atoms with van der Waals surface area (Å²) in [5.41, 5.74) is 3.29. The molecule has 0 aliphatic carbocycles. The molecule has 2 aromatic heterocycles. The highest BCUT2D eigenvalue weighted by Gasteiger charge is 2.14. The molecular formula is C20H18ClN5O2. The molecule has 1 amide bonds. The Morgan fingerprint density at radius 1 is 1.32 bits per heavy atom. The molecule has 1 aromatic carbocycles. The Morgan fingerprint density at radius 3 is 2.61 bits per heavy atom. The zero-order valence-electron chi connectivity index (χ0n) is 15.4. The molecule has 1 N–H and O–H groups in total. The fourth-order valence-electron chi connectivity index (χ4n) is 2.58. The van der Waals surface area contributed by atoms with Gasteiger partial charge in [-0.2, -0.15) is 10.1 Å². The number of benzene rings is 1. The highest BCUT2D eigenvalue weighted by molar-refractivity contribution is 6.35. The number of anilines is 1. The van der Waals surface area contributed by atoms with Crippen molar-refractivity contribution in [2.75, 3.05) is 5.32 Å². The van der Waals surface area contributed by atoms with Gasteiger partial charge in [0.05, 0.1) is 11.3 Å². The van der Waals surface area contributed by atoms with Crippen LogP contribution in [0.5, 0.6) is 0 Å². The Kier molecular flexibility index (Phi) is 5.56. The van der Waals surface area contributed by atoms with Gasteiger partial charge in [0.15, 0.2) is 0 Å². The summed E-state index contributed by atoms with van der Waals surface area (Å²) in [5.74, 6) is 0.556. The fraction of sp³-hybridized carbons (Fsp3) is 0.100. The predicted octanol–water partition coefficient (Wildman–Crippen LogP) is 4.25. The van der Waals surface area contributed by atoms with Gasteiger partial charge in [0.25, 0.3) is 5.91 Å². The van der Waals surface area contributed by atoms with Gasteiger partial charge in [-0.3, -0.25) is 9.48 Å². The molecule has 0 spiro atoms. The van der Waals surface area contributed by atoms with Gasteiger partial charge < -0.3 is 9.84 Å². The van der Waals surface area contributed by atoms with Gasteiger partial charge in [-0.25, -0.2) is 0 Å². The minimum atomic E-state index is -0.358. The van der Waals surface area contributed by atoms with Crippen molar-refractivity contribution >= 4 is 23.2 Å². The van der Waals surface area contributed by atoms with Crippen molar-refractivity contribution in [3.8, 4) is 22.8 Å². The number of nitrogens with one attached hydrogen (secondary N) is 1. The van der Waals surface area contributed by atoms with E-state index in [0.717, 1.165) is 11.3 Å². The Balaban J connectivity index is 1.81. The van der Waals surface area contributed by atoms with E-state index in [1.807, 2.05) is 25.2 Å². The van der Waals surface area contributed by atoms with Gasteiger partial charge in [-0.1, -0.05) is 48.1 Å². The predicted molar refractivity (Wildman–Crippen MR) is 109 cm³/mol. The zero-order valence-corrected chi connectivity index (χ0v) is 16.2. The smallest absolute Gasteiger partial charge is 0.257 e. The third-order valence-electron chi connectivity index (χ3n) is 3.90. The largest absolute Gasteiger partial charge is 0.339 e. The topological polar surface area (TPSA) is 85.8 Å². The number of hydrogen-bond donors (Lipinski definition) is 1. The van der Waals surface area contributed by atoms with Crippen LogP contribution in [0, 0.1) is 6.92 Å². The van der Waals surface area contributed by atoms with Crippen molar-refractivity contribution in [1.29, 1.82) is 0 Å². The summed E-state index contributed by atoms with van der Waals surface area (Å²) in [6.07, 6.45) is 2.99. The van der Waals surface area contributed by atoms with E-state index in [1.165, 1.54) is 12.2 Å². The van der Waals surface area contributed by atoms with Crippen molar-refractivity contribution in [3.05, 3.63) is 72.1 Å². The molecule has 2 heterocycles. The quantitative estimate of drug-likeness (QED) is 0.498. The van der Waals surface area contributed by atoms with E-state index in [9.17, 15) is 4.79 Å². The molecule has 0 bridgehead atoms. The minimum Gasteiger partial charge on any atom is -0.339 e. The summed E-state index contributed by atoms with van der Waals surface area (Å²) in [7, 11) is 1.83. The number of carbonyl (C=O) groups is 1. The Bertz CT molecular complexity index is 1080. The Hall–Kier alpha value is -3.45. The molecule has 3 aromatic rings. The van der Waals surface area contributed by atoms with Crippen LogP contribution in [-0.2, 0) is 11.8 Å². The summed E-state index contributed by atoms with van der Waals surface area (Å²) in [6.45, 7) is 8.89. The molecule has 0 radical (unpaired) electrons. The van der Waals surface area contributed by atoms with E-state index in [-0.39, 0.29) is 16.5 Å². The molecule has 0 atom stereocenters. The van der Waals surface area contributed by atoms with E-state index >= 15 is 0 Å². The van der Waals surface area contributed by atoms with E-state index in [1.54, 1.807) is 23.7 Å². The molecule has 7 nitrogen and oxygen atoms in total. The van der Waals surface area contributed by atoms with E-state index in [2.05, 4.69) is 33.7 Å². The average Bonchev–Trinajstić information content (AvgIpc) is 3.25. The van der Waals surface area contributed by atoms with Crippen molar-refractivity contribution in [2.45, 2.75) is 6.92 Å². The van der Waals surface area contributed by atoms with Crippen LogP contribution in [0.25, 0.3) is 22.8 Å². The lowest BCUT2D eigenvalue weighted by Gasteiger charge is -2.08. The second kappa shape index (κ2) is 8.06. The van der Waals surface area contributed by atoms with Crippen LogP contribution in [0.3, 0.4) is 0 Å². The molecule has 8 heteroatoms. The third-order valence-corrected chi connectivity index (χ3v) is 4.10. The van der Waals surface area contributed by atoms with Gasteiger partial charge in [-0.15, -0.1) is 0 Å². The number of amides is 1. The SMILES string of the molecule is C=C/C=C(\C(=C)Cl)C(=O)Nc1ccc(-c2cc(-c3noc(C)n3)nn2C)cc1. The number of carbonyl (C=O) groups excluding carboxylic acids is 1. The molecule has 0 aliphatic rings. The normalized spacial score (nSPS) is 11.3. The second-order valence-electron chi connectivity index (χ2n) is 5.93.